The number of H-pyrrole nitrogens is 1. The van der Waals surface area contributed by atoms with Crippen molar-refractivity contribution in [2.24, 2.45) is 0 Å². The second kappa shape index (κ2) is 5.82. The van der Waals surface area contributed by atoms with Crippen LogP contribution in [0.4, 0.5) is 0 Å². The van der Waals surface area contributed by atoms with Crippen molar-refractivity contribution in [3.63, 3.8) is 0 Å². The average molecular weight is 243 g/mol. The molecule has 0 bridgehead atoms. The first-order valence-electron chi connectivity index (χ1n) is 5.62. The molecule has 18 heavy (non-hydrogen) atoms. The number of benzene rings is 1. The predicted octanol–water partition coefficient (Wildman–Crippen LogP) is 1.66. The van der Waals surface area contributed by atoms with Crippen LogP contribution in [0.2, 0.25) is 0 Å². The van der Waals surface area contributed by atoms with E-state index in [1.807, 2.05) is 30.3 Å². The van der Waals surface area contributed by atoms with Crippen molar-refractivity contribution in [1.29, 1.82) is 0 Å². The summed E-state index contributed by atoms with van der Waals surface area (Å²) in [5.41, 5.74) is 1.08. The summed E-state index contributed by atoms with van der Waals surface area (Å²) in [7, 11) is 0. The minimum atomic E-state index is -0.407. The van der Waals surface area contributed by atoms with E-state index in [9.17, 15) is 9.59 Å². The summed E-state index contributed by atoms with van der Waals surface area (Å²) in [5.74, 6) is -0.407. The van der Waals surface area contributed by atoms with Gasteiger partial charge in [0.25, 0.3) is 5.56 Å². The number of rotatable bonds is 4. The van der Waals surface area contributed by atoms with E-state index in [0.29, 0.717) is 5.56 Å². The summed E-state index contributed by atoms with van der Waals surface area (Å²) in [5, 5.41) is 0. The topological polar surface area (TPSA) is 59.2 Å². The maximum absolute atomic E-state index is 11.6. The third-order valence-corrected chi connectivity index (χ3v) is 2.48. The van der Waals surface area contributed by atoms with Gasteiger partial charge < -0.3 is 9.72 Å². The molecule has 0 aliphatic rings. The van der Waals surface area contributed by atoms with Gasteiger partial charge in [-0.1, -0.05) is 36.4 Å². The minimum absolute atomic E-state index is 0.0109. The van der Waals surface area contributed by atoms with Crippen LogP contribution in [0.5, 0.6) is 0 Å². The molecule has 0 unspecified atom stereocenters. The summed E-state index contributed by atoms with van der Waals surface area (Å²) < 4.78 is 5.10. The molecular weight excluding hydrogens is 230 g/mol. The molecule has 1 aromatic heterocycles. The molecule has 0 radical (unpaired) electrons. The summed E-state index contributed by atoms with van der Waals surface area (Å²) in [6, 6.07) is 12.7. The number of carbonyl (C=O) groups excluding carboxylic acids is 1. The Hall–Kier alpha value is -2.36. The lowest BCUT2D eigenvalue weighted by Gasteiger charge is -2.04. The van der Waals surface area contributed by atoms with Gasteiger partial charge >= 0.3 is 5.97 Å². The number of esters is 1. The Morgan fingerprint density at radius 1 is 1.11 bits per heavy atom. The normalized spacial score (nSPS) is 10.0. The molecule has 0 saturated heterocycles. The van der Waals surface area contributed by atoms with E-state index < -0.39 is 5.97 Å². The van der Waals surface area contributed by atoms with Crippen molar-refractivity contribution in [2.75, 3.05) is 0 Å². The van der Waals surface area contributed by atoms with Crippen LogP contribution in [0.3, 0.4) is 0 Å². The van der Waals surface area contributed by atoms with Gasteiger partial charge in [0.2, 0.25) is 0 Å². The van der Waals surface area contributed by atoms with Crippen LogP contribution in [-0.4, -0.2) is 11.0 Å². The number of carbonyl (C=O) groups is 1. The molecule has 0 atom stereocenters. The number of hydrogen-bond acceptors (Lipinski definition) is 3. The summed E-state index contributed by atoms with van der Waals surface area (Å²) in [6.45, 7) is 0.227. The van der Waals surface area contributed by atoms with E-state index >= 15 is 0 Å². The monoisotopic (exact) mass is 243 g/mol. The highest BCUT2D eigenvalue weighted by Crippen LogP contribution is 2.02. The molecule has 1 N–H and O–H groups in total. The number of aromatic amines is 1. The van der Waals surface area contributed by atoms with Gasteiger partial charge in [-0.15, -0.1) is 0 Å². The zero-order chi connectivity index (χ0) is 12.8. The first-order chi connectivity index (χ1) is 8.75. The van der Waals surface area contributed by atoms with Gasteiger partial charge in [0.1, 0.15) is 6.61 Å². The third kappa shape index (κ3) is 3.31. The van der Waals surface area contributed by atoms with E-state index in [-0.39, 0.29) is 18.6 Å². The molecular formula is C14H13NO3. The van der Waals surface area contributed by atoms with Crippen LogP contribution >= 0.6 is 0 Å². The molecule has 2 rings (SSSR count). The molecule has 0 aliphatic carbocycles. The van der Waals surface area contributed by atoms with Crippen LogP contribution in [-0.2, 0) is 22.6 Å². The molecule has 1 aromatic carbocycles. The third-order valence-electron chi connectivity index (χ3n) is 2.48. The second-order valence-electron chi connectivity index (χ2n) is 3.85. The lowest BCUT2D eigenvalue weighted by molar-refractivity contribution is -0.144. The highest BCUT2D eigenvalue weighted by molar-refractivity contribution is 5.72. The molecule has 0 aliphatic heterocycles. The molecule has 92 valence electrons. The van der Waals surface area contributed by atoms with E-state index in [1.165, 1.54) is 6.20 Å². The molecule has 4 nitrogen and oxygen atoms in total. The highest BCUT2D eigenvalue weighted by Gasteiger charge is 2.07. The fraction of sp³-hybridized carbons (Fsp3) is 0.143. The zero-order valence-corrected chi connectivity index (χ0v) is 9.76. The second-order valence-corrected chi connectivity index (χ2v) is 3.85. The van der Waals surface area contributed by atoms with Crippen molar-refractivity contribution in [3.05, 3.63) is 70.1 Å². The Balaban J connectivity index is 1.90. The first-order valence-corrected chi connectivity index (χ1v) is 5.62. The van der Waals surface area contributed by atoms with Gasteiger partial charge in [-0.3, -0.25) is 9.59 Å². The Morgan fingerprint density at radius 3 is 2.61 bits per heavy atom. The number of ether oxygens (including phenoxy) is 1. The molecule has 0 amide bonds. The number of aromatic nitrogens is 1. The fourth-order valence-electron chi connectivity index (χ4n) is 1.54. The van der Waals surface area contributed by atoms with E-state index in [4.69, 9.17) is 4.74 Å². The Labute approximate surface area is 104 Å². The van der Waals surface area contributed by atoms with Gasteiger partial charge in [-0.25, -0.2) is 0 Å². The SMILES string of the molecule is O=C(Cc1ccc[nH]c1=O)OCc1ccccc1. The van der Waals surface area contributed by atoms with Crippen molar-refractivity contribution in [2.45, 2.75) is 13.0 Å². The van der Waals surface area contributed by atoms with Crippen LogP contribution in [0.1, 0.15) is 11.1 Å². The van der Waals surface area contributed by atoms with Gasteiger partial charge in [0.05, 0.1) is 6.42 Å². The summed E-state index contributed by atoms with van der Waals surface area (Å²) >= 11 is 0. The average Bonchev–Trinajstić information content (AvgIpc) is 2.40. The van der Waals surface area contributed by atoms with Crippen LogP contribution < -0.4 is 5.56 Å². The predicted molar refractivity (Wildman–Crippen MR) is 67.0 cm³/mol. The standard InChI is InChI=1S/C14H13NO3/c16-13(9-12-7-4-8-15-14(12)17)18-10-11-5-2-1-3-6-11/h1-8H,9-10H2,(H,15,17). The van der Waals surface area contributed by atoms with E-state index in [0.717, 1.165) is 5.56 Å². The lowest BCUT2D eigenvalue weighted by Crippen LogP contribution is -2.17. The number of pyridine rings is 1. The summed E-state index contributed by atoms with van der Waals surface area (Å²) in [4.78, 5) is 25.4. The van der Waals surface area contributed by atoms with Gasteiger partial charge in [0, 0.05) is 11.8 Å². The van der Waals surface area contributed by atoms with Gasteiger partial charge in [-0.05, 0) is 11.6 Å². The Morgan fingerprint density at radius 2 is 1.89 bits per heavy atom. The van der Waals surface area contributed by atoms with Crippen LogP contribution in [0.15, 0.2) is 53.5 Å². The van der Waals surface area contributed by atoms with Crippen LogP contribution in [0.25, 0.3) is 0 Å². The van der Waals surface area contributed by atoms with E-state index in [2.05, 4.69) is 4.98 Å². The lowest BCUT2D eigenvalue weighted by atomic mass is 10.2. The largest absolute Gasteiger partial charge is 0.461 e. The number of nitrogens with one attached hydrogen (secondary N) is 1. The van der Waals surface area contributed by atoms with Gasteiger partial charge in [-0.2, -0.15) is 0 Å². The molecule has 2 aromatic rings. The summed E-state index contributed by atoms with van der Waals surface area (Å²) in [6.07, 6.45) is 1.52. The van der Waals surface area contributed by atoms with Crippen molar-refractivity contribution >= 4 is 5.97 Å². The van der Waals surface area contributed by atoms with Crippen LogP contribution in [0, 0.1) is 0 Å². The number of hydrogen-bond donors (Lipinski definition) is 1. The molecule has 4 heteroatoms. The minimum Gasteiger partial charge on any atom is -0.461 e. The van der Waals surface area contributed by atoms with Gasteiger partial charge in [0.15, 0.2) is 0 Å². The first kappa shape index (κ1) is 12.1. The maximum Gasteiger partial charge on any atom is 0.310 e. The molecule has 0 spiro atoms. The van der Waals surface area contributed by atoms with Crippen molar-refractivity contribution in [1.82, 2.24) is 4.98 Å². The molecule has 1 heterocycles. The quantitative estimate of drug-likeness (QED) is 0.831. The smallest absolute Gasteiger partial charge is 0.310 e. The van der Waals surface area contributed by atoms with Crippen molar-refractivity contribution in [3.8, 4) is 0 Å². The van der Waals surface area contributed by atoms with E-state index in [1.54, 1.807) is 12.1 Å². The van der Waals surface area contributed by atoms with Crippen molar-refractivity contribution < 1.29 is 9.53 Å². The fourth-order valence-corrected chi connectivity index (χ4v) is 1.54. The highest BCUT2D eigenvalue weighted by atomic mass is 16.5. The molecule has 0 fully saturated rings. The zero-order valence-electron chi connectivity index (χ0n) is 9.76. The Bertz CT molecular complexity index is 575. The maximum atomic E-state index is 11.6. The molecule has 0 saturated carbocycles. The Kier molecular flexibility index (Phi) is 3.91.